The molecule has 2 amide bonds. The zero-order valence-electron chi connectivity index (χ0n) is 25.3. The van der Waals surface area contributed by atoms with Crippen LogP contribution in [0.15, 0.2) is 83.1 Å². The lowest BCUT2D eigenvalue weighted by Gasteiger charge is -2.23. The average molecular weight is 632 g/mol. The lowest BCUT2D eigenvalue weighted by molar-refractivity contribution is 0.0920. The van der Waals surface area contributed by atoms with Crippen molar-refractivity contribution in [2.45, 2.75) is 50.5 Å². The zero-order valence-corrected chi connectivity index (χ0v) is 26.1. The predicted octanol–water partition coefficient (Wildman–Crippen LogP) is 5.64. The number of sulfonamides is 1. The van der Waals surface area contributed by atoms with Crippen LogP contribution in [0.5, 0.6) is 5.75 Å². The van der Waals surface area contributed by atoms with E-state index in [1.807, 2.05) is 56.0 Å². The van der Waals surface area contributed by atoms with Crippen LogP contribution in [0.3, 0.4) is 0 Å². The highest BCUT2D eigenvalue weighted by atomic mass is 32.2. The molecule has 234 valence electrons. The number of fused-ring (bicyclic) bond motifs is 3. The molecule has 11 heteroatoms. The Hall–Kier alpha value is -4.64. The van der Waals surface area contributed by atoms with Crippen molar-refractivity contribution in [3.8, 4) is 5.75 Å². The number of benzene rings is 3. The van der Waals surface area contributed by atoms with E-state index in [2.05, 4.69) is 16.3 Å². The number of anilines is 1. The van der Waals surface area contributed by atoms with Gasteiger partial charge < -0.3 is 19.7 Å². The van der Waals surface area contributed by atoms with Gasteiger partial charge in [0.15, 0.2) is 5.76 Å². The van der Waals surface area contributed by atoms with Gasteiger partial charge in [-0.25, -0.2) is 22.3 Å². The molecule has 0 atom stereocenters. The number of aryl methyl sites for hydroxylation is 1. The van der Waals surface area contributed by atoms with Crippen LogP contribution in [-0.4, -0.2) is 45.5 Å². The summed E-state index contributed by atoms with van der Waals surface area (Å²) in [7, 11) is -4.14. The van der Waals surface area contributed by atoms with Crippen molar-refractivity contribution in [2.75, 3.05) is 24.7 Å². The Labute approximate surface area is 261 Å². The Morgan fingerprint density at radius 1 is 1.02 bits per heavy atom. The second-order valence-corrected chi connectivity index (χ2v) is 13.1. The lowest BCUT2D eigenvalue weighted by atomic mass is 9.85. The summed E-state index contributed by atoms with van der Waals surface area (Å²) in [5, 5.41) is 2.83. The van der Waals surface area contributed by atoms with Gasteiger partial charge in [-0.05, 0) is 87.6 Å². The number of urea groups is 1. The van der Waals surface area contributed by atoms with Crippen molar-refractivity contribution in [2.24, 2.45) is 0 Å². The van der Waals surface area contributed by atoms with Gasteiger partial charge in [0.05, 0.1) is 24.7 Å². The normalized spacial score (nSPS) is 16.5. The zero-order chi connectivity index (χ0) is 31.9. The molecule has 2 N–H and O–H groups in total. The monoisotopic (exact) mass is 631 g/mol. The molecule has 0 spiro atoms. The number of nitrogens with zero attached hydrogens (tertiary/aromatic N) is 1. The van der Waals surface area contributed by atoms with Crippen molar-refractivity contribution in [3.63, 3.8) is 0 Å². The molecular formula is C34H34FN3O6S. The van der Waals surface area contributed by atoms with Crippen LogP contribution < -0.4 is 19.7 Å². The van der Waals surface area contributed by atoms with Gasteiger partial charge >= 0.3 is 6.03 Å². The van der Waals surface area contributed by atoms with Crippen LogP contribution >= 0.6 is 0 Å². The van der Waals surface area contributed by atoms with E-state index in [0.29, 0.717) is 56.1 Å². The van der Waals surface area contributed by atoms with E-state index in [0.717, 1.165) is 57.8 Å². The van der Waals surface area contributed by atoms with Crippen molar-refractivity contribution in [1.29, 1.82) is 0 Å². The molecule has 0 saturated heterocycles. The third kappa shape index (κ3) is 5.92. The molecule has 1 aliphatic heterocycles. The van der Waals surface area contributed by atoms with Crippen LogP contribution in [0.4, 0.5) is 14.9 Å². The SMILES string of the molecule is CCOC1=C2CN(c3ccc(CC4(NC(=O)NS(=O)(=O)c5ccc(F)cc5)CC4)cc3C)C=C2c2c(OCC)cccc2C1=O. The third-order valence-electron chi connectivity index (χ3n) is 8.24. The standard InChI is InChI=1S/C34H34FN3O6S/c1-4-43-29-8-6-7-25-30(29)26-19-38(20-27(26)32(31(25)39)44-5-2)28-14-9-22(17-21(28)3)18-34(15-16-34)36-33(40)37-45(41,42)24-12-10-23(35)11-13-24/h6-14,17,19H,4-5,15-16,18,20H2,1-3H3,(H2,36,37,40). The molecule has 9 nitrogen and oxygen atoms in total. The number of halogens is 1. The number of carbonyl (C=O) groups is 2. The van der Waals surface area contributed by atoms with Gasteiger partial charge in [-0.1, -0.05) is 24.3 Å². The number of Topliss-reactive ketones (excluding diaryl/α,β-unsaturated/α-hetero) is 1. The molecule has 0 radical (unpaired) electrons. The number of allylic oxidation sites excluding steroid dienone is 1. The maximum Gasteiger partial charge on any atom is 0.329 e. The van der Waals surface area contributed by atoms with Crippen LogP contribution in [0, 0.1) is 12.7 Å². The first-order chi connectivity index (χ1) is 21.5. The Morgan fingerprint density at radius 3 is 2.42 bits per heavy atom. The number of amides is 2. The Balaban J connectivity index is 1.20. The Kier molecular flexibility index (Phi) is 7.90. The van der Waals surface area contributed by atoms with E-state index in [9.17, 15) is 22.4 Å². The predicted molar refractivity (Wildman–Crippen MR) is 168 cm³/mol. The quantitative estimate of drug-likeness (QED) is 0.298. The first kappa shape index (κ1) is 30.4. The first-order valence-corrected chi connectivity index (χ1v) is 16.4. The van der Waals surface area contributed by atoms with E-state index >= 15 is 0 Å². The number of hydrogen-bond acceptors (Lipinski definition) is 7. The topological polar surface area (TPSA) is 114 Å². The van der Waals surface area contributed by atoms with E-state index in [1.54, 1.807) is 6.07 Å². The van der Waals surface area contributed by atoms with Crippen molar-refractivity contribution in [3.05, 3.63) is 106 Å². The summed E-state index contributed by atoms with van der Waals surface area (Å²) in [4.78, 5) is 28.1. The fraction of sp³-hybridized carbons (Fsp3) is 0.294. The van der Waals surface area contributed by atoms with Gasteiger partial charge in [0.2, 0.25) is 5.78 Å². The van der Waals surface area contributed by atoms with Gasteiger partial charge in [-0.3, -0.25) is 4.79 Å². The van der Waals surface area contributed by atoms with Gasteiger partial charge in [0.25, 0.3) is 10.0 Å². The van der Waals surface area contributed by atoms with Gasteiger partial charge in [-0.15, -0.1) is 0 Å². The molecular weight excluding hydrogens is 597 g/mol. The second kappa shape index (κ2) is 11.7. The summed E-state index contributed by atoms with van der Waals surface area (Å²) in [5.74, 6) is 0.308. The molecule has 2 aliphatic carbocycles. The van der Waals surface area contributed by atoms with Crippen molar-refractivity contribution in [1.82, 2.24) is 10.0 Å². The largest absolute Gasteiger partial charge is 0.493 e. The molecule has 1 saturated carbocycles. The number of rotatable bonds is 10. The number of ketones is 1. The highest BCUT2D eigenvalue weighted by molar-refractivity contribution is 7.90. The first-order valence-electron chi connectivity index (χ1n) is 14.9. The smallest absolute Gasteiger partial charge is 0.329 e. The summed E-state index contributed by atoms with van der Waals surface area (Å²) < 4.78 is 52.2. The molecule has 3 aliphatic rings. The maximum atomic E-state index is 13.5. The van der Waals surface area contributed by atoms with Crippen LogP contribution in [0.2, 0.25) is 0 Å². The molecule has 0 bridgehead atoms. The molecule has 0 aromatic heterocycles. The maximum absolute atomic E-state index is 13.5. The highest BCUT2D eigenvalue weighted by Gasteiger charge is 2.44. The summed E-state index contributed by atoms with van der Waals surface area (Å²) in [6, 6.07) is 15.0. The molecule has 1 fully saturated rings. The van der Waals surface area contributed by atoms with Crippen LogP contribution in [-0.2, 0) is 21.2 Å². The number of nitrogens with one attached hydrogen (secondary N) is 2. The fourth-order valence-corrected chi connectivity index (χ4v) is 6.94. The highest BCUT2D eigenvalue weighted by Crippen LogP contribution is 2.46. The molecule has 45 heavy (non-hydrogen) atoms. The summed E-state index contributed by atoms with van der Waals surface area (Å²) >= 11 is 0. The number of hydrogen-bond donors (Lipinski definition) is 2. The van der Waals surface area contributed by atoms with E-state index in [-0.39, 0.29) is 10.7 Å². The minimum Gasteiger partial charge on any atom is -0.493 e. The molecule has 0 unspecified atom stereocenters. The van der Waals surface area contributed by atoms with E-state index in [4.69, 9.17) is 9.47 Å². The summed E-state index contributed by atoms with van der Waals surface area (Å²) in [6.07, 6.45) is 3.98. The third-order valence-corrected chi connectivity index (χ3v) is 9.59. The van der Waals surface area contributed by atoms with Crippen molar-refractivity contribution >= 4 is 33.1 Å². The van der Waals surface area contributed by atoms with Crippen molar-refractivity contribution < 1.29 is 31.9 Å². The number of carbonyl (C=O) groups excluding carboxylic acids is 2. The minimum absolute atomic E-state index is 0.147. The number of ether oxygens (including phenoxy) is 2. The van der Waals surface area contributed by atoms with E-state index in [1.165, 1.54) is 0 Å². The Bertz CT molecular complexity index is 1860. The summed E-state index contributed by atoms with van der Waals surface area (Å²) in [5.41, 5.74) is 5.48. The Morgan fingerprint density at radius 2 is 1.76 bits per heavy atom. The average Bonchev–Trinajstić information content (AvgIpc) is 3.59. The lowest BCUT2D eigenvalue weighted by Crippen LogP contribution is -2.46. The molecule has 3 aromatic rings. The van der Waals surface area contributed by atoms with E-state index < -0.39 is 27.4 Å². The summed E-state index contributed by atoms with van der Waals surface area (Å²) in [6.45, 7) is 7.10. The molecule has 1 heterocycles. The van der Waals surface area contributed by atoms with Crippen LogP contribution in [0.25, 0.3) is 5.57 Å². The minimum atomic E-state index is -4.14. The van der Waals surface area contributed by atoms with Gasteiger partial charge in [0.1, 0.15) is 11.6 Å². The van der Waals surface area contributed by atoms with Gasteiger partial charge in [0, 0.05) is 39.7 Å². The fourth-order valence-electron chi connectivity index (χ4n) is 6.03. The van der Waals surface area contributed by atoms with Gasteiger partial charge in [-0.2, -0.15) is 0 Å². The second-order valence-electron chi connectivity index (χ2n) is 11.4. The molecule has 6 rings (SSSR count). The van der Waals surface area contributed by atoms with Crippen LogP contribution in [0.1, 0.15) is 53.7 Å². The molecule has 3 aromatic carbocycles.